The van der Waals surface area contributed by atoms with Crippen molar-refractivity contribution in [3.63, 3.8) is 0 Å². The van der Waals surface area contributed by atoms with Crippen LogP contribution < -0.4 is 15.4 Å². The Balaban J connectivity index is 1.77. The van der Waals surface area contributed by atoms with Crippen LogP contribution in [0.25, 0.3) is 11.3 Å². The van der Waals surface area contributed by atoms with Gasteiger partial charge in [-0.25, -0.2) is 9.97 Å². The van der Waals surface area contributed by atoms with Crippen molar-refractivity contribution in [3.05, 3.63) is 23.7 Å². The highest BCUT2D eigenvalue weighted by atomic mass is 32.1. The van der Waals surface area contributed by atoms with Crippen molar-refractivity contribution < 1.29 is 4.74 Å². The summed E-state index contributed by atoms with van der Waals surface area (Å²) >= 11 is 1.54. The SMILES string of the molecule is CCCOc1ncccc1-c1csc(NC2=NCCCN2)n1. The van der Waals surface area contributed by atoms with Crippen molar-refractivity contribution in [2.75, 3.05) is 25.0 Å². The van der Waals surface area contributed by atoms with Gasteiger partial charge in [0.05, 0.1) is 17.9 Å². The minimum atomic E-state index is 0.634. The molecule has 1 aliphatic rings. The molecule has 0 unspecified atom stereocenters. The number of aliphatic imine (C=N–C) groups is 1. The molecule has 7 heteroatoms. The fourth-order valence-electron chi connectivity index (χ4n) is 2.07. The topological polar surface area (TPSA) is 71.4 Å². The van der Waals surface area contributed by atoms with Gasteiger partial charge >= 0.3 is 0 Å². The fraction of sp³-hybridized carbons (Fsp3) is 0.400. The standard InChI is InChI=1S/C15H19N5OS/c1-2-9-21-13-11(5-3-6-16-13)12-10-22-15(19-12)20-14-17-7-4-8-18-14/h3,5-6,10H,2,4,7-9H2,1H3,(H2,17,18,19,20). The quantitative estimate of drug-likeness (QED) is 0.887. The number of hydrogen-bond donors (Lipinski definition) is 2. The van der Waals surface area contributed by atoms with E-state index in [0.29, 0.717) is 12.5 Å². The lowest BCUT2D eigenvalue weighted by atomic mass is 10.2. The number of pyridine rings is 1. The second-order valence-corrected chi connectivity index (χ2v) is 5.74. The van der Waals surface area contributed by atoms with Crippen LogP contribution >= 0.6 is 11.3 Å². The van der Waals surface area contributed by atoms with Gasteiger partial charge in [0.25, 0.3) is 0 Å². The Labute approximate surface area is 133 Å². The normalized spacial score (nSPS) is 14.1. The summed E-state index contributed by atoms with van der Waals surface area (Å²) in [5.74, 6) is 1.43. The van der Waals surface area contributed by atoms with E-state index < -0.39 is 0 Å². The third-order valence-corrected chi connectivity index (χ3v) is 3.87. The Morgan fingerprint density at radius 2 is 2.41 bits per heavy atom. The highest BCUT2D eigenvalue weighted by Gasteiger charge is 2.12. The molecule has 116 valence electrons. The third kappa shape index (κ3) is 3.54. The average Bonchev–Trinajstić information content (AvgIpc) is 3.02. The first-order valence-corrected chi connectivity index (χ1v) is 8.34. The van der Waals surface area contributed by atoms with E-state index in [1.807, 2.05) is 17.5 Å². The Morgan fingerprint density at radius 3 is 3.23 bits per heavy atom. The van der Waals surface area contributed by atoms with Crippen LogP contribution in [-0.4, -0.2) is 35.6 Å². The zero-order chi connectivity index (χ0) is 15.2. The van der Waals surface area contributed by atoms with E-state index in [1.54, 1.807) is 17.5 Å². The minimum Gasteiger partial charge on any atom is -0.477 e. The van der Waals surface area contributed by atoms with Gasteiger partial charge in [-0.2, -0.15) is 0 Å². The highest BCUT2D eigenvalue weighted by Crippen LogP contribution is 2.30. The maximum Gasteiger partial charge on any atom is 0.222 e. The van der Waals surface area contributed by atoms with Crippen LogP contribution in [0.4, 0.5) is 5.13 Å². The van der Waals surface area contributed by atoms with E-state index >= 15 is 0 Å². The molecule has 0 atom stereocenters. The smallest absolute Gasteiger partial charge is 0.222 e. The molecule has 2 aromatic heterocycles. The van der Waals surface area contributed by atoms with E-state index in [-0.39, 0.29) is 0 Å². The maximum absolute atomic E-state index is 5.70. The Morgan fingerprint density at radius 1 is 1.45 bits per heavy atom. The first kappa shape index (κ1) is 14.8. The van der Waals surface area contributed by atoms with Crippen molar-refractivity contribution in [3.8, 4) is 17.1 Å². The number of hydrogen-bond acceptors (Lipinski definition) is 7. The first-order valence-electron chi connectivity index (χ1n) is 7.46. The Bertz CT molecular complexity index is 655. The molecular formula is C15H19N5OS. The Kier molecular flexibility index (Phi) is 4.85. The average molecular weight is 317 g/mol. The number of guanidine groups is 1. The van der Waals surface area contributed by atoms with Crippen LogP contribution in [0.3, 0.4) is 0 Å². The van der Waals surface area contributed by atoms with Gasteiger partial charge in [-0.15, -0.1) is 11.3 Å². The molecule has 6 nitrogen and oxygen atoms in total. The van der Waals surface area contributed by atoms with Crippen molar-refractivity contribution >= 4 is 22.4 Å². The third-order valence-electron chi connectivity index (χ3n) is 3.12. The first-order chi connectivity index (χ1) is 10.9. The van der Waals surface area contributed by atoms with Crippen LogP contribution in [0, 0.1) is 0 Å². The fourth-order valence-corrected chi connectivity index (χ4v) is 2.78. The molecule has 0 aromatic carbocycles. The molecule has 0 spiro atoms. The summed E-state index contributed by atoms with van der Waals surface area (Å²) in [7, 11) is 0. The largest absolute Gasteiger partial charge is 0.477 e. The molecule has 3 rings (SSSR count). The van der Waals surface area contributed by atoms with E-state index in [4.69, 9.17) is 4.74 Å². The molecule has 22 heavy (non-hydrogen) atoms. The number of nitrogens with zero attached hydrogens (tertiary/aromatic N) is 3. The van der Waals surface area contributed by atoms with Crippen LogP contribution in [0.1, 0.15) is 19.8 Å². The van der Waals surface area contributed by atoms with Gasteiger partial charge in [0, 0.05) is 24.7 Å². The number of ether oxygens (including phenoxy) is 1. The summed E-state index contributed by atoms with van der Waals surface area (Å²) in [5.41, 5.74) is 1.78. The van der Waals surface area contributed by atoms with Gasteiger partial charge in [-0.05, 0) is 25.0 Å². The van der Waals surface area contributed by atoms with Gasteiger partial charge in [0.2, 0.25) is 5.88 Å². The van der Waals surface area contributed by atoms with Gasteiger partial charge in [0.1, 0.15) is 0 Å². The minimum absolute atomic E-state index is 0.634. The molecule has 0 bridgehead atoms. The van der Waals surface area contributed by atoms with Gasteiger partial charge in [-0.3, -0.25) is 4.99 Å². The Hall–Kier alpha value is -2.15. The number of nitrogens with one attached hydrogen (secondary N) is 2. The maximum atomic E-state index is 5.70. The number of thiazole rings is 1. The monoisotopic (exact) mass is 317 g/mol. The van der Waals surface area contributed by atoms with Crippen molar-refractivity contribution in [1.82, 2.24) is 15.3 Å². The van der Waals surface area contributed by atoms with Crippen molar-refractivity contribution in [2.24, 2.45) is 4.99 Å². The lowest BCUT2D eigenvalue weighted by Gasteiger charge is -2.14. The van der Waals surface area contributed by atoms with E-state index in [0.717, 1.165) is 48.3 Å². The predicted octanol–water partition coefficient (Wildman–Crippen LogP) is 2.76. The molecule has 0 amide bonds. The number of rotatable bonds is 5. The van der Waals surface area contributed by atoms with E-state index in [1.165, 1.54) is 0 Å². The zero-order valence-electron chi connectivity index (χ0n) is 12.5. The molecule has 0 fully saturated rings. The number of anilines is 1. The van der Waals surface area contributed by atoms with Crippen LogP contribution in [0.15, 0.2) is 28.7 Å². The summed E-state index contributed by atoms with van der Waals surface area (Å²) in [6.07, 6.45) is 3.76. The van der Waals surface area contributed by atoms with Crippen molar-refractivity contribution in [2.45, 2.75) is 19.8 Å². The molecule has 0 saturated heterocycles. The molecule has 2 N–H and O–H groups in total. The highest BCUT2D eigenvalue weighted by molar-refractivity contribution is 7.14. The van der Waals surface area contributed by atoms with Gasteiger partial charge in [-0.1, -0.05) is 6.92 Å². The molecule has 2 aromatic rings. The number of aromatic nitrogens is 2. The molecule has 0 saturated carbocycles. The molecule has 0 radical (unpaired) electrons. The zero-order valence-corrected chi connectivity index (χ0v) is 13.3. The van der Waals surface area contributed by atoms with E-state index in [9.17, 15) is 0 Å². The van der Waals surface area contributed by atoms with Crippen LogP contribution in [-0.2, 0) is 0 Å². The molecule has 0 aliphatic carbocycles. The lowest BCUT2D eigenvalue weighted by Crippen LogP contribution is -2.35. The van der Waals surface area contributed by atoms with Crippen molar-refractivity contribution in [1.29, 1.82) is 0 Å². The summed E-state index contributed by atoms with van der Waals surface area (Å²) in [6, 6.07) is 3.88. The van der Waals surface area contributed by atoms with Gasteiger partial charge in [0.15, 0.2) is 11.1 Å². The molecular weight excluding hydrogens is 298 g/mol. The predicted molar refractivity (Wildman–Crippen MR) is 89.7 cm³/mol. The summed E-state index contributed by atoms with van der Waals surface area (Å²) in [6.45, 7) is 4.53. The molecule has 3 heterocycles. The van der Waals surface area contributed by atoms with Crippen LogP contribution in [0.2, 0.25) is 0 Å². The summed E-state index contributed by atoms with van der Waals surface area (Å²) in [4.78, 5) is 13.3. The summed E-state index contributed by atoms with van der Waals surface area (Å²) in [5, 5.41) is 9.26. The van der Waals surface area contributed by atoms with Crippen LogP contribution in [0.5, 0.6) is 5.88 Å². The second kappa shape index (κ2) is 7.22. The lowest BCUT2D eigenvalue weighted by molar-refractivity contribution is 0.306. The van der Waals surface area contributed by atoms with Gasteiger partial charge < -0.3 is 15.4 Å². The summed E-state index contributed by atoms with van der Waals surface area (Å²) < 4.78 is 5.70. The second-order valence-electron chi connectivity index (χ2n) is 4.88. The van der Waals surface area contributed by atoms with E-state index in [2.05, 4.69) is 32.5 Å². The molecule has 1 aliphatic heterocycles.